The van der Waals surface area contributed by atoms with Crippen LogP contribution in [0.15, 0.2) is 0 Å². The van der Waals surface area contributed by atoms with Crippen molar-refractivity contribution in [1.82, 2.24) is 5.32 Å². The van der Waals surface area contributed by atoms with Crippen LogP contribution >= 0.6 is 11.8 Å². The molecule has 1 rings (SSSR count). The van der Waals surface area contributed by atoms with E-state index >= 15 is 0 Å². The average Bonchev–Trinajstić information content (AvgIpc) is 2.31. The lowest BCUT2D eigenvalue weighted by Gasteiger charge is -2.36. The van der Waals surface area contributed by atoms with Crippen LogP contribution in [-0.4, -0.2) is 49.0 Å². The first-order valence-electron chi connectivity index (χ1n) is 6.15. The van der Waals surface area contributed by atoms with E-state index in [1.165, 1.54) is 32.1 Å². The van der Waals surface area contributed by atoms with Gasteiger partial charge in [0.05, 0.1) is 12.7 Å². The van der Waals surface area contributed by atoms with Gasteiger partial charge in [0.25, 0.3) is 0 Å². The Kier molecular flexibility index (Phi) is 6.73. The maximum Gasteiger partial charge on any atom is 0.0897 e. The first-order valence-corrected chi connectivity index (χ1v) is 7.38. The molecular weight excluding hydrogens is 222 g/mol. The van der Waals surface area contributed by atoms with Gasteiger partial charge in [0.15, 0.2) is 0 Å². The highest BCUT2D eigenvalue weighted by atomic mass is 32.2. The summed E-state index contributed by atoms with van der Waals surface area (Å²) in [6.07, 6.45) is 8.52. The van der Waals surface area contributed by atoms with Crippen molar-refractivity contribution in [2.24, 2.45) is 0 Å². The normalized spacial score (nSPS) is 21.9. The van der Waals surface area contributed by atoms with Crippen LogP contribution in [0.1, 0.15) is 32.1 Å². The van der Waals surface area contributed by atoms with Crippen LogP contribution in [0.5, 0.6) is 0 Å². The highest BCUT2D eigenvalue weighted by molar-refractivity contribution is 8.00. The van der Waals surface area contributed by atoms with Crippen LogP contribution < -0.4 is 5.32 Å². The molecule has 0 amide bonds. The smallest absolute Gasteiger partial charge is 0.0897 e. The fraction of sp³-hybridized carbons (Fsp3) is 1.00. The van der Waals surface area contributed by atoms with Crippen LogP contribution in [0.3, 0.4) is 0 Å². The summed E-state index contributed by atoms with van der Waals surface area (Å²) in [5, 5.41) is 12.9. The second-order valence-corrected chi connectivity index (χ2v) is 5.96. The van der Waals surface area contributed by atoms with Gasteiger partial charge in [-0.2, -0.15) is 11.8 Å². The molecule has 0 radical (unpaired) electrons. The summed E-state index contributed by atoms with van der Waals surface area (Å²) in [5.41, 5.74) is 0. The third kappa shape index (κ3) is 4.62. The molecule has 96 valence electrons. The summed E-state index contributed by atoms with van der Waals surface area (Å²) < 4.78 is 5.31. The van der Waals surface area contributed by atoms with Crippen molar-refractivity contribution in [1.29, 1.82) is 0 Å². The fourth-order valence-corrected chi connectivity index (χ4v) is 3.31. The second kappa shape index (κ2) is 7.54. The van der Waals surface area contributed by atoms with E-state index < -0.39 is 0 Å². The van der Waals surface area contributed by atoms with Crippen molar-refractivity contribution >= 4 is 11.8 Å². The fourth-order valence-electron chi connectivity index (χ4n) is 2.37. The number of aliphatic hydroxyl groups is 1. The predicted molar refractivity (Wildman–Crippen MR) is 70.1 cm³/mol. The van der Waals surface area contributed by atoms with Crippen LogP contribution in [-0.2, 0) is 4.74 Å². The molecule has 1 aliphatic carbocycles. The second-order valence-electron chi connectivity index (χ2n) is 4.69. The van der Waals surface area contributed by atoms with Gasteiger partial charge in [-0.3, -0.25) is 0 Å². The van der Waals surface area contributed by atoms with Crippen molar-refractivity contribution in [2.45, 2.75) is 43.0 Å². The maximum absolute atomic E-state index is 9.54. The number of methoxy groups -OCH3 is 1. The first kappa shape index (κ1) is 14.3. The van der Waals surface area contributed by atoms with E-state index in [0.717, 1.165) is 6.54 Å². The monoisotopic (exact) mass is 247 g/mol. The number of hydrogen-bond donors (Lipinski definition) is 2. The van der Waals surface area contributed by atoms with Crippen LogP contribution in [0.2, 0.25) is 0 Å². The number of ether oxygens (including phenoxy) is 1. The average molecular weight is 247 g/mol. The van der Waals surface area contributed by atoms with Gasteiger partial charge < -0.3 is 15.2 Å². The molecule has 0 aromatic rings. The summed E-state index contributed by atoms with van der Waals surface area (Å²) >= 11 is 1.98. The quantitative estimate of drug-likeness (QED) is 0.718. The lowest BCUT2D eigenvalue weighted by atomic mass is 9.88. The molecule has 1 atom stereocenters. The number of rotatable bonds is 7. The molecule has 0 saturated heterocycles. The molecule has 4 heteroatoms. The Bertz CT molecular complexity index is 184. The molecule has 0 bridgehead atoms. The Morgan fingerprint density at radius 3 is 2.62 bits per heavy atom. The van der Waals surface area contributed by atoms with Gasteiger partial charge in [-0.15, -0.1) is 0 Å². The lowest BCUT2D eigenvalue weighted by Crippen LogP contribution is -2.42. The molecule has 3 nitrogen and oxygen atoms in total. The summed E-state index contributed by atoms with van der Waals surface area (Å²) in [4.78, 5) is 0. The summed E-state index contributed by atoms with van der Waals surface area (Å²) in [6, 6.07) is 0. The van der Waals surface area contributed by atoms with Gasteiger partial charge in [0, 0.05) is 24.9 Å². The van der Waals surface area contributed by atoms with Gasteiger partial charge >= 0.3 is 0 Å². The highest BCUT2D eigenvalue weighted by Crippen LogP contribution is 2.37. The topological polar surface area (TPSA) is 41.5 Å². The standard InChI is InChI=1S/C12H25NO2S/c1-15-9-11(14)8-13-10-12(16-2)6-4-3-5-7-12/h11,13-14H,3-10H2,1-2H3. The van der Waals surface area contributed by atoms with E-state index in [4.69, 9.17) is 4.74 Å². The molecule has 2 N–H and O–H groups in total. The zero-order chi connectivity index (χ0) is 11.9. The highest BCUT2D eigenvalue weighted by Gasteiger charge is 2.30. The molecule has 0 aromatic carbocycles. The molecule has 0 aromatic heterocycles. The minimum Gasteiger partial charge on any atom is -0.389 e. The van der Waals surface area contributed by atoms with E-state index in [2.05, 4.69) is 11.6 Å². The Morgan fingerprint density at radius 2 is 2.06 bits per heavy atom. The Labute approximate surface area is 103 Å². The Balaban J connectivity index is 2.22. The SMILES string of the molecule is COCC(O)CNCC1(SC)CCCCC1. The molecule has 1 saturated carbocycles. The number of nitrogens with one attached hydrogen (secondary N) is 1. The Morgan fingerprint density at radius 1 is 1.38 bits per heavy atom. The van der Waals surface area contributed by atoms with Crippen molar-refractivity contribution in [2.75, 3.05) is 33.1 Å². The van der Waals surface area contributed by atoms with Crippen molar-refractivity contribution in [3.8, 4) is 0 Å². The van der Waals surface area contributed by atoms with E-state index in [9.17, 15) is 5.11 Å². The summed E-state index contributed by atoms with van der Waals surface area (Å²) in [7, 11) is 1.62. The summed E-state index contributed by atoms with van der Waals surface area (Å²) in [6.45, 7) is 2.06. The van der Waals surface area contributed by atoms with Gasteiger partial charge in [0.1, 0.15) is 0 Å². The molecule has 1 unspecified atom stereocenters. The zero-order valence-corrected chi connectivity index (χ0v) is 11.3. The maximum atomic E-state index is 9.54. The third-order valence-corrected chi connectivity index (χ3v) is 4.80. The van der Waals surface area contributed by atoms with Gasteiger partial charge in [-0.1, -0.05) is 19.3 Å². The van der Waals surface area contributed by atoms with Crippen LogP contribution in [0.25, 0.3) is 0 Å². The molecule has 1 fully saturated rings. The number of aliphatic hydroxyl groups excluding tert-OH is 1. The van der Waals surface area contributed by atoms with Crippen LogP contribution in [0.4, 0.5) is 0 Å². The molecule has 0 aliphatic heterocycles. The molecule has 1 aliphatic rings. The van der Waals surface area contributed by atoms with E-state index in [0.29, 0.717) is 17.9 Å². The number of hydrogen-bond acceptors (Lipinski definition) is 4. The lowest BCUT2D eigenvalue weighted by molar-refractivity contribution is 0.0640. The largest absolute Gasteiger partial charge is 0.389 e. The van der Waals surface area contributed by atoms with Gasteiger partial charge in [-0.05, 0) is 19.1 Å². The zero-order valence-electron chi connectivity index (χ0n) is 10.5. The van der Waals surface area contributed by atoms with Crippen LogP contribution in [0, 0.1) is 0 Å². The minimum atomic E-state index is -0.382. The summed E-state index contributed by atoms with van der Waals surface area (Å²) in [5.74, 6) is 0. The molecule has 0 spiro atoms. The Hall–Kier alpha value is 0.230. The van der Waals surface area contributed by atoms with Crippen molar-refractivity contribution in [3.63, 3.8) is 0 Å². The van der Waals surface area contributed by atoms with Crippen molar-refractivity contribution < 1.29 is 9.84 Å². The van der Waals surface area contributed by atoms with Gasteiger partial charge in [0.2, 0.25) is 0 Å². The predicted octanol–water partition coefficient (Wildman–Crippen LogP) is 1.65. The van der Waals surface area contributed by atoms with E-state index in [1.54, 1.807) is 7.11 Å². The molecular formula is C12H25NO2S. The van der Waals surface area contributed by atoms with E-state index in [1.807, 2.05) is 11.8 Å². The minimum absolute atomic E-state index is 0.382. The molecule has 0 heterocycles. The van der Waals surface area contributed by atoms with Gasteiger partial charge in [-0.25, -0.2) is 0 Å². The number of thioether (sulfide) groups is 1. The third-order valence-electron chi connectivity index (χ3n) is 3.38. The first-order chi connectivity index (χ1) is 7.72. The molecule has 16 heavy (non-hydrogen) atoms. The van der Waals surface area contributed by atoms with Crippen molar-refractivity contribution in [3.05, 3.63) is 0 Å². The van der Waals surface area contributed by atoms with E-state index in [-0.39, 0.29) is 6.10 Å².